The summed E-state index contributed by atoms with van der Waals surface area (Å²) >= 11 is 0. The molecule has 0 bridgehead atoms. The highest BCUT2D eigenvalue weighted by Crippen LogP contribution is 2.15. The number of rotatable bonds is 5. The summed E-state index contributed by atoms with van der Waals surface area (Å²) in [6, 6.07) is 8.74. The van der Waals surface area contributed by atoms with E-state index < -0.39 is 5.60 Å². The fourth-order valence-electron chi connectivity index (χ4n) is 1.56. The van der Waals surface area contributed by atoms with Crippen molar-refractivity contribution in [3.63, 3.8) is 0 Å². The molecule has 0 saturated carbocycles. The average Bonchev–Trinajstić information content (AvgIpc) is 2.26. The van der Waals surface area contributed by atoms with Crippen molar-refractivity contribution < 1.29 is 5.11 Å². The molecule has 0 amide bonds. The van der Waals surface area contributed by atoms with Crippen molar-refractivity contribution in [3.8, 4) is 0 Å². The van der Waals surface area contributed by atoms with Crippen molar-refractivity contribution in [1.82, 2.24) is 5.32 Å². The maximum absolute atomic E-state index is 9.91. The van der Waals surface area contributed by atoms with Crippen LogP contribution in [0.25, 0.3) is 0 Å². The Morgan fingerprint density at radius 1 is 1.44 bits per heavy atom. The Labute approximate surface area is 98.7 Å². The molecule has 0 aliphatic heterocycles. The Hall–Kier alpha value is -0.860. The first-order chi connectivity index (χ1) is 7.44. The van der Waals surface area contributed by atoms with E-state index in [4.69, 9.17) is 0 Å². The third-order valence-corrected chi connectivity index (χ3v) is 3.09. The molecule has 2 heteroatoms. The van der Waals surface area contributed by atoms with Gasteiger partial charge in [-0.05, 0) is 32.8 Å². The van der Waals surface area contributed by atoms with Crippen molar-refractivity contribution in [2.75, 3.05) is 6.54 Å². The Balaban J connectivity index is 2.56. The highest BCUT2D eigenvalue weighted by Gasteiger charge is 2.18. The Kier molecular flexibility index (Phi) is 4.51. The summed E-state index contributed by atoms with van der Waals surface area (Å²) in [5, 5.41) is 13.3. The number of aliphatic hydroxyl groups is 1. The van der Waals surface area contributed by atoms with Gasteiger partial charge >= 0.3 is 0 Å². The van der Waals surface area contributed by atoms with Gasteiger partial charge in [-0.25, -0.2) is 0 Å². The molecule has 2 atom stereocenters. The molecule has 0 radical (unpaired) electrons. The SMILES string of the molecule is CCC(C)(O)CN[C@@H](C)c1cccc(C)c1. The molecule has 0 saturated heterocycles. The van der Waals surface area contributed by atoms with E-state index in [2.05, 4.69) is 43.4 Å². The van der Waals surface area contributed by atoms with Gasteiger partial charge in [-0.15, -0.1) is 0 Å². The molecule has 0 heterocycles. The van der Waals surface area contributed by atoms with Crippen LogP contribution in [0.2, 0.25) is 0 Å². The van der Waals surface area contributed by atoms with Crippen molar-refractivity contribution in [1.29, 1.82) is 0 Å². The summed E-state index contributed by atoms with van der Waals surface area (Å²) in [6.07, 6.45) is 0.764. The predicted molar refractivity (Wildman–Crippen MR) is 68.5 cm³/mol. The smallest absolute Gasteiger partial charge is 0.0741 e. The molecule has 90 valence electrons. The zero-order valence-electron chi connectivity index (χ0n) is 10.7. The topological polar surface area (TPSA) is 32.3 Å². The summed E-state index contributed by atoms with van der Waals surface area (Å²) in [5.41, 5.74) is 1.93. The molecular weight excluding hydrogens is 198 g/mol. The summed E-state index contributed by atoms with van der Waals surface area (Å²) in [6.45, 7) is 8.71. The monoisotopic (exact) mass is 221 g/mol. The minimum Gasteiger partial charge on any atom is -0.389 e. The zero-order chi connectivity index (χ0) is 12.2. The Bertz CT molecular complexity index is 333. The van der Waals surface area contributed by atoms with Crippen molar-refractivity contribution in [2.24, 2.45) is 0 Å². The summed E-state index contributed by atoms with van der Waals surface area (Å²) in [5.74, 6) is 0. The van der Waals surface area contributed by atoms with Crippen molar-refractivity contribution >= 4 is 0 Å². The highest BCUT2D eigenvalue weighted by molar-refractivity contribution is 5.24. The normalized spacial score (nSPS) is 16.8. The van der Waals surface area contributed by atoms with E-state index in [0.29, 0.717) is 6.54 Å². The molecule has 0 aliphatic rings. The molecule has 0 aromatic heterocycles. The van der Waals surface area contributed by atoms with E-state index in [1.165, 1.54) is 11.1 Å². The Morgan fingerprint density at radius 2 is 2.12 bits per heavy atom. The maximum Gasteiger partial charge on any atom is 0.0741 e. The molecule has 1 aromatic carbocycles. The van der Waals surface area contributed by atoms with E-state index in [-0.39, 0.29) is 6.04 Å². The van der Waals surface area contributed by atoms with Crippen LogP contribution in [-0.4, -0.2) is 17.3 Å². The van der Waals surface area contributed by atoms with E-state index in [9.17, 15) is 5.11 Å². The number of benzene rings is 1. The summed E-state index contributed by atoms with van der Waals surface area (Å²) < 4.78 is 0. The van der Waals surface area contributed by atoms with Gasteiger partial charge in [0.2, 0.25) is 0 Å². The molecule has 1 rings (SSSR count). The van der Waals surface area contributed by atoms with Gasteiger partial charge in [-0.1, -0.05) is 36.8 Å². The summed E-state index contributed by atoms with van der Waals surface area (Å²) in [7, 11) is 0. The lowest BCUT2D eigenvalue weighted by atomic mass is 10.0. The summed E-state index contributed by atoms with van der Waals surface area (Å²) in [4.78, 5) is 0. The molecule has 1 unspecified atom stereocenters. The van der Waals surface area contributed by atoms with E-state index >= 15 is 0 Å². The number of hydrogen-bond donors (Lipinski definition) is 2. The van der Waals surface area contributed by atoms with Gasteiger partial charge in [-0.3, -0.25) is 0 Å². The number of nitrogens with one attached hydrogen (secondary N) is 1. The van der Waals surface area contributed by atoms with E-state index in [1.807, 2.05) is 13.8 Å². The van der Waals surface area contributed by atoms with Crippen LogP contribution in [0.5, 0.6) is 0 Å². The van der Waals surface area contributed by atoms with Crippen LogP contribution >= 0.6 is 0 Å². The zero-order valence-corrected chi connectivity index (χ0v) is 10.7. The molecule has 2 nitrogen and oxygen atoms in total. The van der Waals surface area contributed by atoms with Crippen molar-refractivity contribution in [2.45, 2.75) is 45.8 Å². The fraction of sp³-hybridized carbons (Fsp3) is 0.571. The van der Waals surface area contributed by atoms with Crippen LogP contribution < -0.4 is 5.32 Å². The van der Waals surface area contributed by atoms with Gasteiger partial charge < -0.3 is 10.4 Å². The largest absolute Gasteiger partial charge is 0.389 e. The van der Waals surface area contributed by atoms with Gasteiger partial charge in [0.1, 0.15) is 0 Å². The fourth-order valence-corrected chi connectivity index (χ4v) is 1.56. The van der Waals surface area contributed by atoms with Gasteiger partial charge in [0.15, 0.2) is 0 Å². The lowest BCUT2D eigenvalue weighted by molar-refractivity contribution is 0.0533. The first kappa shape index (κ1) is 13.2. The first-order valence-corrected chi connectivity index (χ1v) is 5.97. The third-order valence-electron chi connectivity index (χ3n) is 3.09. The van der Waals surface area contributed by atoms with E-state index in [0.717, 1.165) is 6.42 Å². The quantitative estimate of drug-likeness (QED) is 0.801. The van der Waals surface area contributed by atoms with Gasteiger partial charge in [-0.2, -0.15) is 0 Å². The lowest BCUT2D eigenvalue weighted by Crippen LogP contribution is -2.38. The van der Waals surface area contributed by atoms with Gasteiger partial charge in [0.25, 0.3) is 0 Å². The number of aryl methyl sites for hydroxylation is 1. The van der Waals surface area contributed by atoms with E-state index in [1.54, 1.807) is 0 Å². The molecule has 0 aliphatic carbocycles. The van der Waals surface area contributed by atoms with Crippen LogP contribution in [0.1, 0.15) is 44.4 Å². The minimum absolute atomic E-state index is 0.276. The predicted octanol–water partition coefficient (Wildman–Crippen LogP) is 2.81. The highest BCUT2D eigenvalue weighted by atomic mass is 16.3. The van der Waals surface area contributed by atoms with Crippen molar-refractivity contribution in [3.05, 3.63) is 35.4 Å². The average molecular weight is 221 g/mol. The maximum atomic E-state index is 9.91. The van der Waals surface area contributed by atoms with Crippen LogP contribution in [0.4, 0.5) is 0 Å². The molecule has 2 N–H and O–H groups in total. The second-order valence-corrected chi connectivity index (χ2v) is 4.87. The third kappa shape index (κ3) is 3.95. The first-order valence-electron chi connectivity index (χ1n) is 5.97. The molecule has 0 fully saturated rings. The standard InChI is InChI=1S/C14H23NO/c1-5-14(4,16)10-15-12(3)13-8-6-7-11(2)9-13/h6-9,12,15-16H,5,10H2,1-4H3/t12-,14?/m0/s1. The number of hydrogen-bond acceptors (Lipinski definition) is 2. The van der Waals surface area contributed by atoms with Gasteiger partial charge in [0.05, 0.1) is 5.60 Å². The molecule has 1 aromatic rings. The Morgan fingerprint density at radius 3 is 2.69 bits per heavy atom. The molecule has 0 spiro atoms. The van der Waals surface area contributed by atoms with Crippen LogP contribution in [0.15, 0.2) is 24.3 Å². The second kappa shape index (κ2) is 5.46. The lowest BCUT2D eigenvalue weighted by Gasteiger charge is -2.24. The van der Waals surface area contributed by atoms with Gasteiger partial charge in [0, 0.05) is 12.6 Å². The minimum atomic E-state index is -0.613. The molecule has 16 heavy (non-hydrogen) atoms. The van der Waals surface area contributed by atoms with Crippen LogP contribution in [0.3, 0.4) is 0 Å². The van der Waals surface area contributed by atoms with Crippen LogP contribution in [-0.2, 0) is 0 Å². The molecular formula is C14H23NO. The van der Waals surface area contributed by atoms with Crippen LogP contribution in [0, 0.1) is 6.92 Å². The second-order valence-electron chi connectivity index (χ2n) is 4.87.